The zero-order valence-corrected chi connectivity index (χ0v) is 8.17. The number of aliphatic hydroxyl groups excluding tert-OH is 1. The Morgan fingerprint density at radius 1 is 1.20 bits per heavy atom. The van der Waals surface area contributed by atoms with Gasteiger partial charge in [-0.05, 0) is 0 Å². The van der Waals surface area contributed by atoms with Gasteiger partial charge in [0.2, 0.25) is 0 Å². The van der Waals surface area contributed by atoms with E-state index in [1.165, 1.54) is 9.91 Å². The number of hydrogen-bond acceptors (Lipinski definition) is 1. The molecule has 1 nitrogen and oxygen atoms in total. The van der Waals surface area contributed by atoms with Crippen LogP contribution in [0.1, 0.15) is 5.56 Å². The van der Waals surface area contributed by atoms with Crippen LogP contribution >= 0.6 is 0 Å². The van der Waals surface area contributed by atoms with Crippen LogP contribution in [-0.2, 0) is 6.42 Å². The van der Waals surface area contributed by atoms with Crippen LogP contribution in [0.2, 0.25) is 0 Å². The standard InChI is InChI=1S/C8H11AsO/c9-8-3-1-7(2-4-8)5-6-10/h1-4,10H,5-6,9H2. The van der Waals surface area contributed by atoms with E-state index >= 15 is 0 Å². The van der Waals surface area contributed by atoms with E-state index in [0.717, 1.165) is 6.42 Å². The topological polar surface area (TPSA) is 20.2 Å². The van der Waals surface area contributed by atoms with E-state index in [1.807, 2.05) is 0 Å². The van der Waals surface area contributed by atoms with Gasteiger partial charge in [-0.2, -0.15) is 0 Å². The van der Waals surface area contributed by atoms with Crippen LogP contribution in [0.4, 0.5) is 0 Å². The number of rotatable bonds is 2. The summed E-state index contributed by atoms with van der Waals surface area (Å²) in [6, 6.07) is 8.30. The Balaban J connectivity index is 2.69. The van der Waals surface area contributed by atoms with Crippen molar-refractivity contribution in [3.05, 3.63) is 29.8 Å². The molecule has 0 aliphatic rings. The van der Waals surface area contributed by atoms with Crippen LogP contribution in [-0.4, -0.2) is 28.6 Å². The first-order valence-electron chi connectivity index (χ1n) is 3.28. The molecule has 0 radical (unpaired) electrons. The van der Waals surface area contributed by atoms with Crippen LogP contribution in [0.3, 0.4) is 0 Å². The third-order valence-corrected chi connectivity index (χ3v) is 2.19. The molecule has 1 aromatic rings. The van der Waals surface area contributed by atoms with Crippen molar-refractivity contribution in [3.63, 3.8) is 0 Å². The third kappa shape index (κ3) is 2.17. The van der Waals surface area contributed by atoms with Gasteiger partial charge in [0.1, 0.15) is 0 Å². The molecule has 0 aliphatic heterocycles. The molecule has 0 spiro atoms. The van der Waals surface area contributed by atoms with Gasteiger partial charge in [0.15, 0.2) is 0 Å². The Morgan fingerprint density at radius 3 is 2.30 bits per heavy atom. The van der Waals surface area contributed by atoms with Gasteiger partial charge in [0, 0.05) is 0 Å². The number of hydrogen-bond donors (Lipinski definition) is 1. The van der Waals surface area contributed by atoms with Gasteiger partial charge in [-0.3, -0.25) is 0 Å². The molecule has 0 heterocycles. The second-order valence-corrected chi connectivity index (χ2v) is 3.61. The van der Waals surface area contributed by atoms with E-state index in [-0.39, 0.29) is 6.61 Å². The molecule has 1 unspecified atom stereocenters. The maximum absolute atomic E-state index is 8.59. The Labute approximate surface area is 69.6 Å². The first-order valence-corrected chi connectivity index (χ1v) is 4.49. The van der Waals surface area contributed by atoms with Gasteiger partial charge in [0.25, 0.3) is 0 Å². The van der Waals surface area contributed by atoms with E-state index in [1.54, 1.807) is 16.9 Å². The number of aliphatic hydroxyl groups is 1. The van der Waals surface area contributed by atoms with Gasteiger partial charge >= 0.3 is 69.2 Å². The predicted octanol–water partition coefficient (Wildman–Crippen LogP) is -0.520. The summed E-state index contributed by atoms with van der Waals surface area (Å²) in [6.45, 7) is 0.244. The molecule has 1 atom stereocenters. The van der Waals surface area contributed by atoms with Gasteiger partial charge in [-0.15, -0.1) is 0 Å². The zero-order chi connectivity index (χ0) is 7.40. The Morgan fingerprint density at radius 2 is 1.80 bits per heavy atom. The van der Waals surface area contributed by atoms with Gasteiger partial charge in [-0.1, -0.05) is 0 Å². The molecule has 1 N–H and O–H groups in total. The molecule has 0 bridgehead atoms. The average molecular weight is 198 g/mol. The van der Waals surface area contributed by atoms with Crippen molar-refractivity contribution in [2.45, 2.75) is 6.42 Å². The molecule has 1 aromatic carbocycles. The molecular formula is C8H11AsO. The fourth-order valence-electron chi connectivity index (χ4n) is 0.813. The van der Waals surface area contributed by atoms with Crippen LogP contribution in [0, 0.1) is 0 Å². The summed E-state index contributed by atoms with van der Waals surface area (Å²) in [4.78, 5) is 0. The second-order valence-electron chi connectivity index (χ2n) is 2.22. The normalized spacial score (nSPS) is 9.80. The van der Waals surface area contributed by atoms with Crippen LogP contribution < -0.4 is 4.35 Å². The third-order valence-electron chi connectivity index (χ3n) is 1.38. The summed E-state index contributed by atoms with van der Waals surface area (Å²) < 4.78 is 1.33. The van der Waals surface area contributed by atoms with Crippen molar-refractivity contribution < 1.29 is 5.11 Å². The fraction of sp³-hybridized carbons (Fsp3) is 0.250. The first kappa shape index (κ1) is 7.84. The van der Waals surface area contributed by atoms with Crippen molar-refractivity contribution in [1.82, 2.24) is 0 Å². The molecule has 0 aromatic heterocycles. The van der Waals surface area contributed by atoms with E-state index < -0.39 is 0 Å². The molecule has 0 saturated heterocycles. The Hall–Kier alpha value is -0.262. The van der Waals surface area contributed by atoms with Gasteiger partial charge in [0.05, 0.1) is 0 Å². The number of benzene rings is 1. The summed E-state index contributed by atoms with van der Waals surface area (Å²) in [5, 5.41) is 8.59. The Bertz CT molecular complexity index is 193. The van der Waals surface area contributed by atoms with Crippen molar-refractivity contribution >= 4 is 21.2 Å². The molecule has 0 fully saturated rings. The monoisotopic (exact) mass is 198 g/mol. The molecule has 0 aliphatic carbocycles. The molecule has 0 saturated carbocycles. The van der Waals surface area contributed by atoms with E-state index in [0.29, 0.717) is 0 Å². The van der Waals surface area contributed by atoms with E-state index in [4.69, 9.17) is 5.11 Å². The van der Waals surface area contributed by atoms with Crippen molar-refractivity contribution in [1.29, 1.82) is 0 Å². The predicted molar refractivity (Wildman–Crippen MR) is 45.4 cm³/mol. The summed E-state index contributed by atoms with van der Waals surface area (Å²) in [6.07, 6.45) is 0.771. The molecule has 2 heteroatoms. The minimum atomic E-state index is 0.244. The average Bonchev–Trinajstić information content (AvgIpc) is 1.95. The van der Waals surface area contributed by atoms with Crippen molar-refractivity contribution in [3.8, 4) is 0 Å². The van der Waals surface area contributed by atoms with Gasteiger partial charge in [-0.25, -0.2) is 0 Å². The molecule has 1 rings (SSSR count). The molecular weight excluding hydrogens is 187 g/mol. The van der Waals surface area contributed by atoms with Gasteiger partial charge < -0.3 is 0 Å². The van der Waals surface area contributed by atoms with Crippen LogP contribution in [0.25, 0.3) is 0 Å². The fourth-order valence-corrected chi connectivity index (χ4v) is 1.22. The summed E-state index contributed by atoms with van der Waals surface area (Å²) >= 11 is 1.63. The van der Waals surface area contributed by atoms with E-state index in [2.05, 4.69) is 24.3 Å². The van der Waals surface area contributed by atoms with Crippen molar-refractivity contribution in [2.75, 3.05) is 6.61 Å². The summed E-state index contributed by atoms with van der Waals surface area (Å²) in [7, 11) is 0. The first-order chi connectivity index (χ1) is 4.83. The molecule has 10 heavy (non-hydrogen) atoms. The quantitative estimate of drug-likeness (QED) is 0.634. The molecule has 0 amide bonds. The summed E-state index contributed by atoms with van der Waals surface area (Å²) in [5.41, 5.74) is 1.21. The van der Waals surface area contributed by atoms with E-state index in [9.17, 15) is 0 Å². The molecule has 54 valence electrons. The van der Waals surface area contributed by atoms with Crippen LogP contribution in [0.5, 0.6) is 0 Å². The Kier molecular flexibility index (Phi) is 2.98. The van der Waals surface area contributed by atoms with Crippen molar-refractivity contribution in [2.24, 2.45) is 0 Å². The second kappa shape index (κ2) is 3.80. The SMILES string of the molecule is OCCc1ccc([AsH2])cc1. The minimum absolute atomic E-state index is 0.244. The van der Waals surface area contributed by atoms with Crippen LogP contribution in [0.15, 0.2) is 24.3 Å². The maximum atomic E-state index is 8.59. The zero-order valence-electron chi connectivity index (χ0n) is 5.75. The summed E-state index contributed by atoms with van der Waals surface area (Å²) in [5.74, 6) is 0.